The van der Waals surface area contributed by atoms with Gasteiger partial charge in [0.05, 0.1) is 0 Å². The van der Waals surface area contributed by atoms with Crippen molar-refractivity contribution in [3.05, 3.63) is 36.5 Å². The van der Waals surface area contributed by atoms with E-state index in [-0.39, 0.29) is 0 Å². The van der Waals surface area contributed by atoms with Crippen molar-refractivity contribution >= 4 is 10.9 Å². The topological polar surface area (TPSA) is 4.93 Å². The number of fused-ring (bicyclic) bond motifs is 1. The molecular weight excluding hydrogens is 122 g/mol. The standard InChI is InChI=1S/C9H8N/c1-10-7-6-8-4-2-3-5-9(8)10/h3-7H,1H3. The maximum atomic E-state index is 3.04. The van der Waals surface area contributed by atoms with E-state index in [2.05, 4.69) is 29.0 Å². The Hall–Kier alpha value is -1.24. The summed E-state index contributed by atoms with van der Waals surface area (Å²) >= 11 is 0. The molecule has 1 aromatic carbocycles. The average Bonchev–Trinajstić information content (AvgIpc) is 2.34. The van der Waals surface area contributed by atoms with Crippen molar-refractivity contribution in [3.8, 4) is 0 Å². The van der Waals surface area contributed by atoms with Crippen LogP contribution in [0.25, 0.3) is 10.9 Å². The number of benzene rings is 1. The predicted molar refractivity (Wildman–Crippen MR) is 41.8 cm³/mol. The third kappa shape index (κ3) is 0.637. The fourth-order valence-corrected chi connectivity index (χ4v) is 1.16. The van der Waals surface area contributed by atoms with E-state index in [1.54, 1.807) is 0 Å². The van der Waals surface area contributed by atoms with Crippen LogP contribution in [0.4, 0.5) is 0 Å². The second-order valence-electron chi connectivity index (χ2n) is 2.41. The first-order valence-corrected chi connectivity index (χ1v) is 3.29. The Kier molecular flexibility index (Phi) is 1.04. The zero-order valence-corrected chi connectivity index (χ0v) is 5.83. The Balaban J connectivity index is 2.93. The second kappa shape index (κ2) is 1.87. The van der Waals surface area contributed by atoms with E-state index in [4.69, 9.17) is 0 Å². The minimum absolute atomic E-state index is 1.25. The van der Waals surface area contributed by atoms with Gasteiger partial charge >= 0.3 is 0 Å². The van der Waals surface area contributed by atoms with E-state index < -0.39 is 0 Å². The predicted octanol–water partition coefficient (Wildman–Crippen LogP) is 1.98. The number of nitrogens with zero attached hydrogens (tertiary/aromatic N) is 1. The Morgan fingerprint density at radius 3 is 3.10 bits per heavy atom. The monoisotopic (exact) mass is 130 g/mol. The van der Waals surface area contributed by atoms with Crippen molar-refractivity contribution in [2.24, 2.45) is 7.05 Å². The molecule has 0 bridgehead atoms. The first-order chi connectivity index (χ1) is 4.88. The number of rotatable bonds is 0. The Morgan fingerprint density at radius 1 is 1.40 bits per heavy atom. The Bertz CT molecular complexity index is 346. The van der Waals surface area contributed by atoms with Gasteiger partial charge in [-0.05, 0) is 24.3 Å². The van der Waals surface area contributed by atoms with Crippen molar-refractivity contribution in [2.75, 3.05) is 0 Å². The zero-order chi connectivity index (χ0) is 6.97. The summed E-state index contributed by atoms with van der Waals surface area (Å²) in [6.07, 6.45) is 2.05. The summed E-state index contributed by atoms with van der Waals surface area (Å²) in [4.78, 5) is 0. The van der Waals surface area contributed by atoms with Crippen LogP contribution < -0.4 is 0 Å². The maximum Gasteiger partial charge on any atom is 0.0478 e. The lowest BCUT2D eigenvalue weighted by Gasteiger charge is -1.92. The van der Waals surface area contributed by atoms with Crippen LogP contribution in [0.5, 0.6) is 0 Å². The molecule has 0 spiro atoms. The zero-order valence-electron chi connectivity index (χ0n) is 5.83. The molecule has 0 amide bonds. The molecule has 1 heterocycles. The molecule has 0 saturated carbocycles. The fourth-order valence-electron chi connectivity index (χ4n) is 1.16. The van der Waals surface area contributed by atoms with Gasteiger partial charge in [0.15, 0.2) is 0 Å². The van der Waals surface area contributed by atoms with Gasteiger partial charge in [-0.1, -0.05) is 6.07 Å². The summed E-state index contributed by atoms with van der Waals surface area (Å²) in [5.41, 5.74) is 1.26. The summed E-state index contributed by atoms with van der Waals surface area (Å²) in [5, 5.41) is 1.25. The van der Waals surface area contributed by atoms with Crippen LogP contribution in [-0.2, 0) is 7.05 Å². The molecule has 0 unspecified atom stereocenters. The van der Waals surface area contributed by atoms with Gasteiger partial charge in [-0.2, -0.15) is 0 Å². The number of aryl methyl sites for hydroxylation is 1. The minimum Gasteiger partial charge on any atom is -0.351 e. The molecule has 0 saturated heterocycles. The van der Waals surface area contributed by atoms with Gasteiger partial charge in [-0.15, -0.1) is 0 Å². The van der Waals surface area contributed by atoms with Crippen LogP contribution in [0.1, 0.15) is 0 Å². The molecule has 0 N–H and O–H groups in total. The molecule has 10 heavy (non-hydrogen) atoms. The lowest BCUT2D eigenvalue weighted by molar-refractivity contribution is 0.969. The largest absolute Gasteiger partial charge is 0.351 e. The van der Waals surface area contributed by atoms with Gasteiger partial charge in [0.25, 0.3) is 0 Å². The van der Waals surface area contributed by atoms with Gasteiger partial charge in [-0.3, -0.25) is 0 Å². The Morgan fingerprint density at radius 2 is 2.30 bits per heavy atom. The number of hydrogen-bond acceptors (Lipinski definition) is 0. The molecule has 1 aromatic heterocycles. The molecular formula is C9H8N. The van der Waals surface area contributed by atoms with Gasteiger partial charge in [-0.25, -0.2) is 0 Å². The second-order valence-corrected chi connectivity index (χ2v) is 2.41. The third-order valence-electron chi connectivity index (χ3n) is 1.73. The van der Waals surface area contributed by atoms with Gasteiger partial charge in [0, 0.05) is 24.1 Å². The molecule has 1 heteroatoms. The van der Waals surface area contributed by atoms with E-state index in [9.17, 15) is 0 Å². The van der Waals surface area contributed by atoms with Crippen molar-refractivity contribution in [1.29, 1.82) is 0 Å². The van der Waals surface area contributed by atoms with Crippen LogP contribution >= 0.6 is 0 Å². The Labute approximate surface area is 59.9 Å². The lowest BCUT2D eigenvalue weighted by atomic mass is 10.2. The van der Waals surface area contributed by atoms with Crippen LogP contribution in [0.3, 0.4) is 0 Å². The highest BCUT2D eigenvalue weighted by Crippen LogP contribution is 2.12. The molecule has 49 valence electrons. The highest BCUT2D eigenvalue weighted by molar-refractivity contribution is 5.79. The fraction of sp³-hybridized carbons (Fsp3) is 0.111. The van der Waals surface area contributed by atoms with E-state index in [0.29, 0.717) is 0 Å². The number of hydrogen-bond donors (Lipinski definition) is 0. The minimum atomic E-state index is 1.25. The first-order valence-electron chi connectivity index (χ1n) is 3.29. The summed E-state index contributed by atoms with van der Waals surface area (Å²) in [6.45, 7) is 0. The van der Waals surface area contributed by atoms with Crippen molar-refractivity contribution < 1.29 is 0 Å². The number of aromatic nitrogens is 1. The molecule has 1 radical (unpaired) electrons. The lowest BCUT2D eigenvalue weighted by Crippen LogP contribution is -1.81. The highest BCUT2D eigenvalue weighted by atomic mass is 14.9. The van der Waals surface area contributed by atoms with Gasteiger partial charge in [0.2, 0.25) is 0 Å². The van der Waals surface area contributed by atoms with E-state index in [0.717, 1.165) is 0 Å². The molecule has 0 atom stereocenters. The summed E-state index contributed by atoms with van der Waals surface area (Å²) < 4.78 is 2.10. The summed E-state index contributed by atoms with van der Waals surface area (Å²) in [5.74, 6) is 0. The van der Waals surface area contributed by atoms with Gasteiger partial charge < -0.3 is 4.57 Å². The van der Waals surface area contributed by atoms with Crippen LogP contribution in [0, 0.1) is 6.07 Å². The SMILES string of the molecule is Cn1ccc2c[c]ccc21. The third-order valence-corrected chi connectivity index (χ3v) is 1.73. The molecule has 0 aliphatic carbocycles. The maximum absolute atomic E-state index is 3.04. The normalized spacial score (nSPS) is 10.5. The van der Waals surface area contributed by atoms with E-state index in [1.165, 1.54) is 10.9 Å². The van der Waals surface area contributed by atoms with E-state index >= 15 is 0 Å². The molecule has 0 aliphatic rings. The van der Waals surface area contributed by atoms with E-state index in [1.807, 2.05) is 19.2 Å². The van der Waals surface area contributed by atoms with Crippen molar-refractivity contribution in [1.82, 2.24) is 4.57 Å². The van der Waals surface area contributed by atoms with Gasteiger partial charge in [0.1, 0.15) is 0 Å². The first kappa shape index (κ1) is 5.54. The molecule has 0 aliphatic heterocycles. The van der Waals surface area contributed by atoms with Crippen LogP contribution in [-0.4, -0.2) is 4.57 Å². The molecule has 1 nitrogen and oxygen atoms in total. The highest BCUT2D eigenvalue weighted by Gasteiger charge is 1.92. The van der Waals surface area contributed by atoms with Crippen LogP contribution in [0.15, 0.2) is 30.5 Å². The molecule has 2 aromatic rings. The average molecular weight is 130 g/mol. The van der Waals surface area contributed by atoms with Crippen molar-refractivity contribution in [3.63, 3.8) is 0 Å². The quantitative estimate of drug-likeness (QED) is 0.514. The van der Waals surface area contributed by atoms with Crippen molar-refractivity contribution in [2.45, 2.75) is 0 Å². The van der Waals surface area contributed by atoms with Crippen LogP contribution in [0.2, 0.25) is 0 Å². The molecule has 2 rings (SSSR count). The smallest absolute Gasteiger partial charge is 0.0478 e. The summed E-state index contributed by atoms with van der Waals surface area (Å²) in [7, 11) is 2.04. The summed E-state index contributed by atoms with van der Waals surface area (Å²) in [6, 6.07) is 11.1. The molecule has 0 fully saturated rings.